The molecule has 0 radical (unpaired) electrons. The topological polar surface area (TPSA) is 88.8 Å². The fourth-order valence-corrected chi connectivity index (χ4v) is 7.12. The van der Waals surface area contributed by atoms with Crippen molar-refractivity contribution in [3.63, 3.8) is 0 Å². The maximum absolute atomic E-state index is 13.4. The number of rotatable bonds is 7. The van der Waals surface area contributed by atoms with Gasteiger partial charge in [-0.2, -0.15) is 15.2 Å². The van der Waals surface area contributed by atoms with Gasteiger partial charge in [0.25, 0.3) is 0 Å². The van der Waals surface area contributed by atoms with Crippen LogP contribution >= 0.6 is 11.6 Å². The smallest absolute Gasteiger partial charge is 0.318 e. The number of likely N-dealkylation sites (tertiary alicyclic amines) is 1. The van der Waals surface area contributed by atoms with E-state index < -0.39 is 0 Å². The van der Waals surface area contributed by atoms with Crippen molar-refractivity contribution < 1.29 is 9.53 Å². The van der Waals surface area contributed by atoms with Gasteiger partial charge in [-0.25, -0.2) is 0 Å². The van der Waals surface area contributed by atoms with Crippen LogP contribution in [0.4, 0.5) is 11.5 Å². The van der Waals surface area contributed by atoms with Crippen molar-refractivity contribution in [3.05, 3.63) is 63.5 Å². The van der Waals surface area contributed by atoms with Crippen LogP contribution in [0, 0.1) is 11.3 Å². The van der Waals surface area contributed by atoms with Gasteiger partial charge in [0.1, 0.15) is 36.0 Å². The highest BCUT2D eigenvalue weighted by molar-refractivity contribution is 6.55. The Balaban J connectivity index is 1.33. The van der Waals surface area contributed by atoms with Crippen molar-refractivity contribution >= 4 is 63.3 Å². The minimum Gasteiger partial charge on any atom is -0.462 e. The standard InChI is InChI=1S/C32H39B3ClN7O2/c1-40-13-4-7-22(40)19-45-32-38-25-18-41(26-9-3-6-20-5-2-8-24(36)27(20)26)14-11-23(25)30(39-32)42-15-16-43(21(17-42)10-12-37)31(44)28(33)29(34)35/h2-3,5-6,8-9,21-22H,4,7,10-11,13-19,33-35H2,1H3/t21-,22-/m0/s1. The van der Waals surface area contributed by atoms with Crippen LogP contribution in [0.3, 0.4) is 0 Å². The van der Waals surface area contributed by atoms with E-state index in [9.17, 15) is 10.1 Å². The summed E-state index contributed by atoms with van der Waals surface area (Å²) >= 11 is 6.72. The molecule has 3 aliphatic heterocycles. The summed E-state index contributed by atoms with van der Waals surface area (Å²) < 4.78 is 6.33. The van der Waals surface area contributed by atoms with E-state index in [1.165, 1.54) is 6.42 Å². The molecule has 2 atom stereocenters. The fourth-order valence-electron chi connectivity index (χ4n) is 6.84. The zero-order valence-corrected chi connectivity index (χ0v) is 27.5. The lowest BCUT2D eigenvalue weighted by Gasteiger charge is -2.43. The SMILES string of the molecule is BC(B)=C(B)C(=O)N1CCN(c2nc(OC[C@@H]3CCCN3C)nc3c2CCN(c2cccc4cccc(Cl)c24)C3)C[C@@H]1CC#N. The lowest BCUT2D eigenvalue weighted by Crippen LogP contribution is -2.56. The van der Waals surface area contributed by atoms with E-state index in [1.54, 1.807) is 0 Å². The summed E-state index contributed by atoms with van der Waals surface area (Å²) in [7, 11) is 7.92. The molecule has 6 rings (SSSR count). The molecule has 2 saturated heterocycles. The number of hydrogen-bond donors (Lipinski definition) is 0. The van der Waals surface area contributed by atoms with Crippen LogP contribution in [0.1, 0.15) is 30.5 Å². The van der Waals surface area contributed by atoms with Crippen molar-refractivity contribution in [2.45, 2.75) is 44.3 Å². The zero-order chi connectivity index (χ0) is 31.7. The van der Waals surface area contributed by atoms with E-state index in [1.807, 2.05) is 40.6 Å². The summed E-state index contributed by atoms with van der Waals surface area (Å²) in [5.41, 5.74) is 3.89. The molecule has 1 amide bonds. The number of piperazine rings is 1. The van der Waals surface area contributed by atoms with Crippen LogP contribution in [0.2, 0.25) is 5.02 Å². The number of benzene rings is 2. The Hall–Kier alpha value is -3.68. The molecule has 45 heavy (non-hydrogen) atoms. The average Bonchev–Trinajstić information content (AvgIpc) is 3.46. The highest BCUT2D eigenvalue weighted by Crippen LogP contribution is 2.37. The maximum atomic E-state index is 13.4. The molecule has 3 aliphatic rings. The molecule has 0 bridgehead atoms. The first-order valence-electron chi connectivity index (χ1n) is 16.0. The number of halogens is 1. The van der Waals surface area contributed by atoms with Gasteiger partial charge in [0.15, 0.2) is 0 Å². The van der Waals surface area contributed by atoms with Gasteiger partial charge >= 0.3 is 6.01 Å². The van der Waals surface area contributed by atoms with Gasteiger partial charge in [-0.15, -0.1) is 5.37 Å². The predicted molar refractivity (Wildman–Crippen MR) is 187 cm³/mol. The Morgan fingerprint density at radius 1 is 1.07 bits per heavy atom. The summed E-state index contributed by atoms with van der Waals surface area (Å²) in [5.74, 6) is 0.869. The van der Waals surface area contributed by atoms with Gasteiger partial charge < -0.3 is 24.3 Å². The first-order chi connectivity index (χ1) is 21.7. The molecule has 2 fully saturated rings. The fraction of sp³-hybridized carbons (Fsp3) is 0.438. The van der Waals surface area contributed by atoms with Crippen LogP contribution in [0.15, 0.2) is 47.2 Å². The van der Waals surface area contributed by atoms with Gasteiger partial charge in [-0.3, -0.25) is 4.79 Å². The molecule has 0 unspecified atom stereocenters. The highest BCUT2D eigenvalue weighted by atomic mass is 35.5. The highest BCUT2D eigenvalue weighted by Gasteiger charge is 2.34. The number of fused-ring (bicyclic) bond motifs is 2. The molecule has 3 aromatic rings. The van der Waals surface area contributed by atoms with E-state index in [-0.39, 0.29) is 18.4 Å². The van der Waals surface area contributed by atoms with Crippen LogP contribution in [-0.4, -0.2) is 108 Å². The van der Waals surface area contributed by atoms with E-state index >= 15 is 0 Å². The molecule has 4 heterocycles. The van der Waals surface area contributed by atoms with Gasteiger partial charge in [0, 0.05) is 48.9 Å². The Labute approximate surface area is 273 Å². The lowest BCUT2D eigenvalue weighted by molar-refractivity contribution is -0.129. The number of amides is 1. The van der Waals surface area contributed by atoms with Gasteiger partial charge in [0.2, 0.25) is 5.91 Å². The Morgan fingerprint density at radius 3 is 2.60 bits per heavy atom. The Morgan fingerprint density at radius 2 is 1.87 bits per heavy atom. The maximum Gasteiger partial charge on any atom is 0.318 e. The number of likely N-dealkylation sites (N-methyl/N-ethyl adjacent to an activating group) is 1. The third kappa shape index (κ3) is 6.38. The first-order valence-corrected chi connectivity index (χ1v) is 16.3. The normalized spacial score (nSPS) is 20.2. The van der Waals surface area contributed by atoms with E-state index in [0.29, 0.717) is 44.8 Å². The summed E-state index contributed by atoms with van der Waals surface area (Å²) in [4.78, 5) is 32.2. The monoisotopic (exact) mass is 621 g/mol. The summed E-state index contributed by atoms with van der Waals surface area (Å²) in [5, 5.41) is 13.6. The van der Waals surface area contributed by atoms with Gasteiger partial charge in [-0.1, -0.05) is 35.9 Å². The number of ether oxygens (including phenoxy) is 1. The molecule has 13 heteroatoms. The Bertz CT molecular complexity index is 1670. The molecular formula is C32H39B3ClN7O2. The number of aromatic nitrogens is 2. The van der Waals surface area contributed by atoms with Gasteiger partial charge in [-0.05, 0) is 55.8 Å². The molecule has 0 aliphatic carbocycles. The zero-order valence-electron chi connectivity index (χ0n) is 26.7. The quantitative estimate of drug-likeness (QED) is 0.289. The second-order valence-electron chi connectivity index (χ2n) is 12.7. The minimum absolute atomic E-state index is 0.00807. The number of anilines is 2. The molecule has 0 spiro atoms. The predicted octanol–water partition coefficient (Wildman–Crippen LogP) is 1.32. The molecule has 0 saturated carbocycles. The first kappa shape index (κ1) is 31.3. The molecule has 230 valence electrons. The Kier molecular flexibility index (Phi) is 9.30. The second kappa shape index (κ2) is 13.4. The van der Waals surface area contributed by atoms with Crippen molar-refractivity contribution in [1.29, 1.82) is 5.26 Å². The third-order valence-electron chi connectivity index (χ3n) is 9.71. The molecule has 0 N–H and O–H groups in total. The van der Waals surface area contributed by atoms with Crippen molar-refractivity contribution in [2.75, 3.05) is 56.2 Å². The number of carbonyl (C=O) groups excluding carboxylic acids is 1. The van der Waals surface area contributed by atoms with Gasteiger partial charge in [0.05, 0.1) is 35.8 Å². The summed E-state index contributed by atoms with van der Waals surface area (Å²) in [6.07, 6.45) is 3.29. The number of nitriles is 1. The van der Waals surface area contributed by atoms with E-state index in [4.69, 9.17) is 26.3 Å². The number of hydrogen-bond acceptors (Lipinski definition) is 8. The van der Waals surface area contributed by atoms with Crippen molar-refractivity contribution in [2.24, 2.45) is 0 Å². The van der Waals surface area contributed by atoms with E-state index in [0.717, 1.165) is 75.3 Å². The summed E-state index contributed by atoms with van der Waals surface area (Å²) in [6.45, 7) is 4.70. The number of carbonyl (C=O) groups is 1. The van der Waals surface area contributed by atoms with Crippen LogP contribution in [0.25, 0.3) is 10.8 Å². The molecule has 9 nitrogen and oxygen atoms in total. The van der Waals surface area contributed by atoms with Crippen LogP contribution in [-0.2, 0) is 17.8 Å². The largest absolute Gasteiger partial charge is 0.462 e. The average molecular weight is 622 g/mol. The molecule has 2 aromatic carbocycles. The summed E-state index contributed by atoms with van der Waals surface area (Å²) in [6, 6.07) is 15.1. The second-order valence-corrected chi connectivity index (χ2v) is 13.1. The van der Waals surface area contributed by atoms with Crippen LogP contribution < -0.4 is 14.5 Å². The van der Waals surface area contributed by atoms with Crippen molar-refractivity contribution in [3.8, 4) is 12.1 Å². The number of nitrogens with zero attached hydrogens (tertiary/aromatic N) is 7. The lowest BCUT2D eigenvalue weighted by atomic mass is 9.69. The third-order valence-corrected chi connectivity index (χ3v) is 10.0. The molecular weight excluding hydrogens is 582 g/mol. The molecule has 1 aromatic heterocycles. The van der Waals surface area contributed by atoms with Crippen molar-refractivity contribution in [1.82, 2.24) is 19.8 Å². The van der Waals surface area contributed by atoms with E-state index in [2.05, 4.69) is 52.1 Å². The van der Waals surface area contributed by atoms with Crippen LogP contribution in [0.5, 0.6) is 6.01 Å². The minimum atomic E-state index is -0.231.